The minimum Gasteiger partial charge on any atom is -0.371 e. The van der Waals surface area contributed by atoms with Crippen LogP contribution in [0.2, 0.25) is 0 Å². The predicted molar refractivity (Wildman–Crippen MR) is 137 cm³/mol. The van der Waals surface area contributed by atoms with E-state index < -0.39 is 5.82 Å². The molecule has 1 aliphatic rings. The van der Waals surface area contributed by atoms with Crippen molar-refractivity contribution in [3.8, 4) is 0 Å². The zero-order valence-electron chi connectivity index (χ0n) is 20.7. The maximum Gasteiger partial charge on any atom is 0.257 e. The summed E-state index contributed by atoms with van der Waals surface area (Å²) in [6.45, 7) is 9.05. The van der Waals surface area contributed by atoms with Crippen molar-refractivity contribution < 1.29 is 9.18 Å². The standard InChI is InChI=1S/C26H32FN7O/c1-5-28-17-8-10-33(11-9-17)23-7-6-19(24-20(23)14-32(4)31-24)26(35)29-18-12-21(27)25-30-22(16(2)3)15-34(25)13-18/h6-7,12-17,28H,5,8-11H2,1-4H3,(H,29,35). The van der Waals surface area contributed by atoms with Crippen LogP contribution in [0.15, 0.2) is 36.8 Å². The number of carbonyl (C=O) groups excluding carboxylic acids is 1. The van der Waals surface area contributed by atoms with Crippen LogP contribution in [0.3, 0.4) is 0 Å². The molecule has 0 atom stereocenters. The maximum atomic E-state index is 14.7. The summed E-state index contributed by atoms with van der Waals surface area (Å²) in [5, 5.41) is 11.9. The van der Waals surface area contributed by atoms with Crippen molar-refractivity contribution in [2.24, 2.45) is 7.05 Å². The molecule has 0 radical (unpaired) electrons. The summed E-state index contributed by atoms with van der Waals surface area (Å²) in [4.78, 5) is 20.0. The third-order valence-corrected chi connectivity index (χ3v) is 6.72. The summed E-state index contributed by atoms with van der Waals surface area (Å²) in [7, 11) is 1.86. The van der Waals surface area contributed by atoms with Crippen LogP contribution in [0.5, 0.6) is 0 Å². The number of pyridine rings is 1. The molecule has 4 heterocycles. The lowest BCUT2D eigenvalue weighted by molar-refractivity contribution is 0.102. The van der Waals surface area contributed by atoms with Gasteiger partial charge in [0.05, 0.1) is 16.9 Å². The number of piperidine rings is 1. The van der Waals surface area contributed by atoms with E-state index in [1.165, 1.54) is 6.07 Å². The van der Waals surface area contributed by atoms with Gasteiger partial charge in [-0.05, 0) is 37.4 Å². The van der Waals surface area contributed by atoms with Gasteiger partial charge < -0.3 is 19.9 Å². The van der Waals surface area contributed by atoms with Gasteiger partial charge in [-0.2, -0.15) is 5.10 Å². The fourth-order valence-corrected chi connectivity index (χ4v) is 4.90. The van der Waals surface area contributed by atoms with E-state index in [-0.39, 0.29) is 17.5 Å². The summed E-state index contributed by atoms with van der Waals surface area (Å²) in [5.41, 5.74) is 3.61. The predicted octanol–water partition coefficient (Wildman–Crippen LogP) is 4.31. The number of imidazole rings is 1. The van der Waals surface area contributed by atoms with Crippen molar-refractivity contribution >= 4 is 33.8 Å². The molecule has 0 saturated carbocycles. The van der Waals surface area contributed by atoms with Gasteiger partial charge >= 0.3 is 0 Å². The van der Waals surface area contributed by atoms with Crippen LogP contribution in [0.1, 0.15) is 55.6 Å². The first-order valence-electron chi connectivity index (χ1n) is 12.3. The number of halogens is 1. The Morgan fingerprint density at radius 1 is 1.20 bits per heavy atom. The number of hydrogen-bond donors (Lipinski definition) is 2. The van der Waals surface area contributed by atoms with Crippen molar-refractivity contribution in [2.45, 2.75) is 45.6 Å². The highest BCUT2D eigenvalue weighted by Gasteiger charge is 2.23. The van der Waals surface area contributed by atoms with Crippen molar-refractivity contribution in [1.29, 1.82) is 0 Å². The summed E-state index contributed by atoms with van der Waals surface area (Å²) in [5.74, 6) is -0.625. The smallest absolute Gasteiger partial charge is 0.257 e. The SMILES string of the molecule is CCNC1CCN(c2ccc(C(=O)Nc3cc(F)c4nc(C(C)C)cn4c3)c3nn(C)cc23)CC1. The van der Waals surface area contributed by atoms with Gasteiger partial charge in [0.25, 0.3) is 5.91 Å². The van der Waals surface area contributed by atoms with E-state index in [0.29, 0.717) is 22.8 Å². The zero-order valence-corrected chi connectivity index (χ0v) is 20.7. The first-order valence-corrected chi connectivity index (χ1v) is 12.3. The molecule has 35 heavy (non-hydrogen) atoms. The lowest BCUT2D eigenvalue weighted by Crippen LogP contribution is -2.42. The molecular formula is C26H32FN7O. The number of aryl methyl sites for hydroxylation is 1. The quantitative estimate of drug-likeness (QED) is 0.433. The number of rotatable bonds is 6. The Kier molecular flexibility index (Phi) is 6.19. The molecule has 9 heteroatoms. The van der Waals surface area contributed by atoms with Gasteiger partial charge in [-0.15, -0.1) is 0 Å². The Hall–Kier alpha value is -3.46. The molecule has 184 valence electrons. The van der Waals surface area contributed by atoms with Gasteiger partial charge in [0.15, 0.2) is 11.5 Å². The van der Waals surface area contributed by atoms with E-state index >= 15 is 0 Å². The molecule has 5 rings (SSSR count). The second-order valence-electron chi connectivity index (χ2n) is 9.60. The van der Waals surface area contributed by atoms with Crippen molar-refractivity contribution in [2.75, 3.05) is 29.9 Å². The second kappa shape index (κ2) is 9.30. The summed E-state index contributed by atoms with van der Waals surface area (Å²) >= 11 is 0. The Morgan fingerprint density at radius 2 is 1.97 bits per heavy atom. The Balaban J connectivity index is 1.42. The number of nitrogens with zero attached hydrogens (tertiary/aromatic N) is 5. The molecular weight excluding hydrogens is 445 g/mol. The maximum absolute atomic E-state index is 14.7. The number of carbonyl (C=O) groups is 1. The molecule has 1 aromatic carbocycles. The third kappa shape index (κ3) is 4.48. The molecule has 0 spiro atoms. The second-order valence-corrected chi connectivity index (χ2v) is 9.60. The molecule has 1 saturated heterocycles. The summed E-state index contributed by atoms with van der Waals surface area (Å²) < 4.78 is 18.1. The normalized spacial score (nSPS) is 15.0. The van der Waals surface area contributed by atoms with E-state index in [1.54, 1.807) is 21.5 Å². The fourth-order valence-electron chi connectivity index (χ4n) is 4.90. The number of fused-ring (bicyclic) bond motifs is 2. The first kappa shape index (κ1) is 23.3. The van der Waals surface area contributed by atoms with E-state index in [9.17, 15) is 9.18 Å². The van der Waals surface area contributed by atoms with Crippen molar-refractivity contribution in [1.82, 2.24) is 24.5 Å². The van der Waals surface area contributed by atoms with E-state index in [4.69, 9.17) is 0 Å². The lowest BCUT2D eigenvalue weighted by Gasteiger charge is -2.34. The van der Waals surface area contributed by atoms with E-state index in [1.807, 2.05) is 39.2 Å². The minimum absolute atomic E-state index is 0.178. The molecule has 3 aromatic heterocycles. The minimum atomic E-state index is -0.478. The molecule has 8 nitrogen and oxygen atoms in total. The average Bonchev–Trinajstić information content (AvgIpc) is 3.43. The number of nitrogens with one attached hydrogen (secondary N) is 2. The van der Waals surface area contributed by atoms with Gasteiger partial charge in [0.2, 0.25) is 0 Å². The van der Waals surface area contributed by atoms with Crippen LogP contribution in [0.25, 0.3) is 16.6 Å². The molecule has 1 aliphatic heterocycles. The van der Waals surface area contributed by atoms with Gasteiger partial charge in [-0.25, -0.2) is 9.37 Å². The number of benzene rings is 1. The van der Waals surface area contributed by atoms with Crippen molar-refractivity contribution in [3.63, 3.8) is 0 Å². The average molecular weight is 478 g/mol. The fraction of sp³-hybridized carbons (Fsp3) is 0.423. The van der Waals surface area contributed by atoms with Crippen LogP contribution < -0.4 is 15.5 Å². The lowest BCUT2D eigenvalue weighted by atomic mass is 10.0. The Labute approximate surface area is 204 Å². The van der Waals surface area contributed by atoms with Crippen LogP contribution in [-0.2, 0) is 7.05 Å². The first-order chi connectivity index (χ1) is 16.8. The van der Waals surface area contributed by atoms with E-state index in [0.717, 1.165) is 49.2 Å². The monoisotopic (exact) mass is 477 g/mol. The van der Waals surface area contributed by atoms with E-state index in [2.05, 4.69) is 32.5 Å². The molecule has 1 amide bonds. The number of amides is 1. The van der Waals surface area contributed by atoms with Gasteiger partial charge in [0, 0.05) is 61.9 Å². The molecule has 2 N–H and O–H groups in total. The summed E-state index contributed by atoms with van der Waals surface area (Å²) in [6, 6.07) is 5.68. The van der Waals surface area contributed by atoms with Crippen molar-refractivity contribution in [3.05, 3.63) is 53.9 Å². The highest BCUT2D eigenvalue weighted by Crippen LogP contribution is 2.31. The van der Waals surface area contributed by atoms with Gasteiger partial charge in [-0.3, -0.25) is 9.48 Å². The van der Waals surface area contributed by atoms with Gasteiger partial charge in [0.1, 0.15) is 5.52 Å². The summed E-state index contributed by atoms with van der Waals surface area (Å²) in [6.07, 6.45) is 7.61. The topological polar surface area (TPSA) is 79.5 Å². The number of anilines is 2. The molecule has 4 aromatic rings. The largest absolute Gasteiger partial charge is 0.371 e. The highest BCUT2D eigenvalue weighted by atomic mass is 19.1. The van der Waals surface area contributed by atoms with Crippen LogP contribution in [0, 0.1) is 5.82 Å². The molecule has 0 aliphatic carbocycles. The zero-order chi connectivity index (χ0) is 24.7. The number of hydrogen-bond acceptors (Lipinski definition) is 5. The molecule has 0 unspecified atom stereocenters. The van der Waals surface area contributed by atoms with Crippen LogP contribution >= 0.6 is 0 Å². The van der Waals surface area contributed by atoms with Crippen LogP contribution in [-0.4, -0.2) is 50.7 Å². The Bertz CT molecular complexity index is 1380. The molecule has 0 bridgehead atoms. The Morgan fingerprint density at radius 3 is 2.69 bits per heavy atom. The van der Waals surface area contributed by atoms with Gasteiger partial charge in [-0.1, -0.05) is 20.8 Å². The number of aromatic nitrogens is 4. The van der Waals surface area contributed by atoms with Crippen LogP contribution in [0.4, 0.5) is 15.8 Å². The third-order valence-electron chi connectivity index (χ3n) is 6.72. The molecule has 1 fully saturated rings. The highest BCUT2D eigenvalue weighted by molar-refractivity contribution is 6.13.